The van der Waals surface area contributed by atoms with Crippen LogP contribution in [0, 0.1) is 6.42 Å². The zero-order chi connectivity index (χ0) is 6.69. The molecule has 9 heavy (non-hydrogen) atoms. The molecule has 1 heterocycles. The Labute approximate surface area is 56.8 Å². The standard InChI is InChI=1S/C7H14NO/c1-8-5-3-7(9-2)4-6-8/h3,7H,4-6H2,1-2H3. The lowest BCUT2D eigenvalue weighted by Gasteiger charge is -2.27. The summed E-state index contributed by atoms with van der Waals surface area (Å²) in [6, 6.07) is 0. The zero-order valence-corrected chi connectivity index (χ0v) is 6.13. The summed E-state index contributed by atoms with van der Waals surface area (Å²) in [5, 5.41) is 0. The van der Waals surface area contributed by atoms with Crippen molar-refractivity contribution < 1.29 is 4.74 Å². The molecule has 1 radical (unpaired) electrons. The molecule has 1 atom stereocenters. The van der Waals surface area contributed by atoms with Gasteiger partial charge in [-0.3, -0.25) is 0 Å². The van der Waals surface area contributed by atoms with E-state index in [0.29, 0.717) is 6.10 Å². The van der Waals surface area contributed by atoms with E-state index in [0.717, 1.165) is 19.5 Å². The van der Waals surface area contributed by atoms with Gasteiger partial charge >= 0.3 is 0 Å². The van der Waals surface area contributed by atoms with Crippen molar-refractivity contribution in [2.45, 2.75) is 12.5 Å². The Kier molecular flexibility index (Phi) is 2.49. The third-order valence-corrected chi connectivity index (χ3v) is 1.78. The molecule has 0 aromatic carbocycles. The van der Waals surface area contributed by atoms with E-state index in [9.17, 15) is 0 Å². The van der Waals surface area contributed by atoms with Crippen LogP contribution < -0.4 is 0 Å². The van der Waals surface area contributed by atoms with E-state index in [2.05, 4.69) is 18.4 Å². The molecule has 1 fully saturated rings. The molecule has 0 aromatic heterocycles. The normalized spacial score (nSPS) is 24.7. The van der Waals surface area contributed by atoms with Gasteiger partial charge in [-0.05, 0) is 13.5 Å². The van der Waals surface area contributed by atoms with Crippen molar-refractivity contribution in [2.24, 2.45) is 0 Å². The third kappa shape index (κ3) is 1.95. The van der Waals surface area contributed by atoms with E-state index in [-0.39, 0.29) is 0 Å². The summed E-state index contributed by atoms with van der Waals surface area (Å²) in [5.41, 5.74) is 0. The first-order valence-corrected chi connectivity index (χ1v) is 3.37. The summed E-state index contributed by atoms with van der Waals surface area (Å²) in [4.78, 5) is 2.29. The van der Waals surface area contributed by atoms with Gasteiger partial charge in [0.2, 0.25) is 0 Å². The Morgan fingerprint density at radius 2 is 2.44 bits per heavy atom. The van der Waals surface area contributed by atoms with Gasteiger partial charge in [0.15, 0.2) is 0 Å². The maximum atomic E-state index is 5.16. The monoisotopic (exact) mass is 128 g/mol. The molecule has 0 spiro atoms. The average molecular weight is 128 g/mol. The van der Waals surface area contributed by atoms with Gasteiger partial charge in [-0.25, -0.2) is 0 Å². The van der Waals surface area contributed by atoms with E-state index in [1.807, 2.05) is 0 Å². The third-order valence-electron chi connectivity index (χ3n) is 1.78. The minimum Gasteiger partial charge on any atom is -0.381 e. The highest BCUT2D eigenvalue weighted by molar-refractivity contribution is 4.85. The molecule has 1 rings (SSSR count). The second-order valence-corrected chi connectivity index (χ2v) is 2.56. The van der Waals surface area contributed by atoms with Crippen LogP contribution in [0.5, 0.6) is 0 Å². The first-order chi connectivity index (χ1) is 4.33. The molecule has 0 amide bonds. The number of likely N-dealkylation sites (tertiary alicyclic amines) is 1. The van der Waals surface area contributed by atoms with Crippen molar-refractivity contribution in [1.82, 2.24) is 4.90 Å². The Hall–Kier alpha value is -0.0800. The summed E-state index contributed by atoms with van der Waals surface area (Å²) < 4.78 is 5.16. The molecule has 1 saturated heterocycles. The first kappa shape index (κ1) is 7.03. The van der Waals surface area contributed by atoms with Gasteiger partial charge in [-0.15, -0.1) is 0 Å². The lowest BCUT2D eigenvalue weighted by Crippen LogP contribution is -2.34. The van der Waals surface area contributed by atoms with Crippen LogP contribution in [-0.4, -0.2) is 38.3 Å². The predicted molar refractivity (Wildman–Crippen MR) is 37.2 cm³/mol. The van der Waals surface area contributed by atoms with Gasteiger partial charge in [0, 0.05) is 26.6 Å². The second-order valence-electron chi connectivity index (χ2n) is 2.56. The van der Waals surface area contributed by atoms with Crippen LogP contribution in [0.25, 0.3) is 0 Å². The molecule has 1 unspecified atom stereocenters. The number of methoxy groups -OCH3 is 1. The van der Waals surface area contributed by atoms with Gasteiger partial charge in [0.05, 0.1) is 6.10 Å². The second kappa shape index (κ2) is 3.18. The van der Waals surface area contributed by atoms with Crippen LogP contribution in [0.1, 0.15) is 6.42 Å². The van der Waals surface area contributed by atoms with E-state index in [1.54, 1.807) is 7.11 Å². The number of rotatable bonds is 1. The predicted octanol–water partition coefficient (Wildman–Crippen LogP) is 0.541. The van der Waals surface area contributed by atoms with Crippen LogP contribution in [0.2, 0.25) is 0 Å². The van der Waals surface area contributed by atoms with Gasteiger partial charge in [0.1, 0.15) is 0 Å². The number of nitrogens with zero attached hydrogens (tertiary/aromatic N) is 1. The number of hydrogen-bond donors (Lipinski definition) is 0. The Bertz CT molecular complexity index is 77.0. The number of hydrogen-bond acceptors (Lipinski definition) is 2. The lowest BCUT2D eigenvalue weighted by molar-refractivity contribution is 0.0858. The first-order valence-electron chi connectivity index (χ1n) is 3.37. The van der Waals surface area contributed by atoms with Crippen molar-refractivity contribution in [2.75, 3.05) is 27.2 Å². The summed E-state index contributed by atoms with van der Waals surface area (Å²) in [6.45, 7) is 2.23. The molecule has 0 N–H and O–H groups in total. The molecule has 0 aliphatic carbocycles. The van der Waals surface area contributed by atoms with Crippen molar-refractivity contribution in [3.63, 3.8) is 0 Å². The van der Waals surface area contributed by atoms with E-state index < -0.39 is 0 Å². The molecule has 53 valence electrons. The van der Waals surface area contributed by atoms with Gasteiger partial charge < -0.3 is 9.64 Å². The highest BCUT2D eigenvalue weighted by atomic mass is 16.5. The fourth-order valence-electron chi connectivity index (χ4n) is 1.07. The average Bonchev–Trinajstić information content (AvgIpc) is 1.90. The molecule has 2 heteroatoms. The topological polar surface area (TPSA) is 12.5 Å². The molecule has 1 aliphatic heterocycles. The fourth-order valence-corrected chi connectivity index (χ4v) is 1.07. The molecular weight excluding hydrogens is 114 g/mol. The van der Waals surface area contributed by atoms with Gasteiger partial charge in [-0.1, -0.05) is 0 Å². The maximum absolute atomic E-state index is 5.16. The van der Waals surface area contributed by atoms with Crippen molar-refractivity contribution in [3.05, 3.63) is 6.42 Å². The zero-order valence-electron chi connectivity index (χ0n) is 6.13. The molecule has 0 saturated carbocycles. The van der Waals surface area contributed by atoms with Gasteiger partial charge in [0.25, 0.3) is 0 Å². The minimum absolute atomic E-state index is 0.404. The van der Waals surface area contributed by atoms with Crippen LogP contribution in [0.3, 0.4) is 0 Å². The number of ether oxygens (including phenoxy) is 1. The number of piperidine rings is 1. The fraction of sp³-hybridized carbons (Fsp3) is 0.857. The SMILES string of the molecule is COC1[CH]CN(C)CC1. The smallest absolute Gasteiger partial charge is 0.0628 e. The Morgan fingerprint density at radius 1 is 1.67 bits per heavy atom. The minimum atomic E-state index is 0.404. The quantitative estimate of drug-likeness (QED) is 0.511. The summed E-state index contributed by atoms with van der Waals surface area (Å²) >= 11 is 0. The van der Waals surface area contributed by atoms with Crippen molar-refractivity contribution >= 4 is 0 Å². The van der Waals surface area contributed by atoms with Crippen LogP contribution in [-0.2, 0) is 4.74 Å². The van der Waals surface area contributed by atoms with Crippen molar-refractivity contribution in [1.29, 1.82) is 0 Å². The van der Waals surface area contributed by atoms with Crippen LogP contribution in [0.15, 0.2) is 0 Å². The Balaban J connectivity index is 2.18. The molecule has 2 nitrogen and oxygen atoms in total. The largest absolute Gasteiger partial charge is 0.381 e. The van der Waals surface area contributed by atoms with Gasteiger partial charge in [-0.2, -0.15) is 0 Å². The molecule has 1 aliphatic rings. The van der Waals surface area contributed by atoms with E-state index >= 15 is 0 Å². The summed E-state index contributed by atoms with van der Waals surface area (Å²) in [6.07, 6.45) is 3.76. The van der Waals surface area contributed by atoms with E-state index in [1.165, 1.54) is 0 Å². The molecular formula is C7H14NO. The maximum Gasteiger partial charge on any atom is 0.0628 e. The highest BCUT2D eigenvalue weighted by Crippen LogP contribution is 2.09. The highest BCUT2D eigenvalue weighted by Gasteiger charge is 2.14. The summed E-state index contributed by atoms with van der Waals surface area (Å²) in [5.74, 6) is 0. The van der Waals surface area contributed by atoms with Crippen LogP contribution >= 0.6 is 0 Å². The Morgan fingerprint density at radius 3 is 2.89 bits per heavy atom. The van der Waals surface area contributed by atoms with Crippen molar-refractivity contribution in [3.8, 4) is 0 Å². The summed E-state index contributed by atoms with van der Waals surface area (Å²) in [7, 11) is 3.90. The molecule has 0 bridgehead atoms. The van der Waals surface area contributed by atoms with Crippen LogP contribution in [0.4, 0.5) is 0 Å². The van der Waals surface area contributed by atoms with E-state index in [4.69, 9.17) is 4.74 Å². The lowest BCUT2D eigenvalue weighted by atomic mass is 10.1. The molecule has 0 aromatic rings.